The Kier molecular flexibility index (Phi) is 4.34. The van der Waals surface area contributed by atoms with Crippen LogP contribution in [0.5, 0.6) is 0 Å². The lowest BCUT2D eigenvalue weighted by molar-refractivity contribution is -0.125. The van der Waals surface area contributed by atoms with Crippen LogP contribution in [0, 0.1) is 5.92 Å². The van der Waals surface area contributed by atoms with Crippen molar-refractivity contribution in [1.29, 1.82) is 0 Å². The van der Waals surface area contributed by atoms with Gasteiger partial charge in [-0.15, -0.1) is 0 Å². The van der Waals surface area contributed by atoms with Gasteiger partial charge in [-0.2, -0.15) is 5.10 Å². The molecule has 2 rings (SSSR count). The number of carbonyl (C=O) groups is 1. The molecule has 0 saturated heterocycles. The van der Waals surface area contributed by atoms with E-state index in [1.807, 2.05) is 56.4 Å². The quantitative estimate of drug-likeness (QED) is 0.894. The zero-order chi connectivity index (χ0) is 13.7. The molecule has 4 nitrogen and oxygen atoms in total. The first-order valence-corrected chi connectivity index (χ1v) is 6.49. The summed E-state index contributed by atoms with van der Waals surface area (Å²) < 4.78 is 1.78. The van der Waals surface area contributed by atoms with Crippen LogP contribution >= 0.6 is 0 Å². The highest BCUT2D eigenvalue weighted by atomic mass is 16.1. The lowest BCUT2D eigenvalue weighted by Gasteiger charge is -2.18. The number of hydrogen-bond acceptors (Lipinski definition) is 2. The van der Waals surface area contributed by atoms with Crippen molar-refractivity contribution in [3.05, 3.63) is 54.4 Å². The molecular formula is C15H19N3O. The summed E-state index contributed by atoms with van der Waals surface area (Å²) in [6, 6.07) is 11.8. The van der Waals surface area contributed by atoms with Crippen molar-refractivity contribution < 1.29 is 4.79 Å². The van der Waals surface area contributed by atoms with Gasteiger partial charge in [-0.25, -0.2) is 0 Å². The molecule has 2 atom stereocenters. The highest BCUT2D eigenvalue weighted by Crippen LogP contribution is 2.12. The molecule has 0 aliphatic heterocycles. The van der Waals surface area contributed by atoms with Gasteiger partial charge in [0.2, 0.25) is 5.91 Å². The molecule has 4 heteroatoms. The van der Waals surface area contributed by atoms with Crippen LogP contribution in [-0.4, -0.2) is 15.7 Å². The number of aromatic nitrogens is 2. The molecule has 0 unspecified atom stereocenters. The Bertz CT molecular complexity index is 507. The zero-order valence-electron chi connectivity index (χ0n) is 11.3. The van der Waals surface area contributed by atoms with E-state index in [1.54, 1.807) is 10.9 Å². The fourth-order valence-electron chi connectivity index (χ4n) is 1.95. The number of nitrogens with one attached hydrogen (secondary N) is 1. The Morgan fingerprint density at radius 3 is 2.63 bits per heavy atom. The molecule has 19 heavy (non-hydrogen) atoms. The number of nitrogens with zero attached hydrogens (tertiary/aromatic N) is 2. The van der Waals surface area contributed by atoms with E-state index in [4.69, 9.17) is 0 Å². The minimum absolute atomic E-state index is 0.0220. The van der Waals surface area contributed by atoms with Crippen LogP contribution in [0.1, 0.15) is 25.5 Å². The minimum Gasteiger partial charge on any atom is -0.349 e. The third-order valence-electron chi connectivity index (χ3n) is 3.13. The Morgan fingerprint density at radius 2 is 2.00 bits per heavy atom. The van der Waals surface area contributed by atoms with Crippen LogP contribution in [0.3, 0.4) is 0 Å². The Labute approximate surface area is 113 Å². The van der Waals surface area contributed by atoms with Crippen LogP contribution in [-0.2, 0) is 11.3 Å². The van der Waals surface area contributed by atoms with E-state index >= 15 is 0 Å². The fourth-order valence-corrected chi connectivity index (χ4v) is 1.95. The maximum atomic E-state index is 12.1. The largest absolute Gasteiger partial charge is 0.349 e. The Morgan fingerprint density at radius 1 is 1.26 bits per heavy atom. The van der Waals surface area contributed by atoms with E-state index in [0.29, 0.717) is 6.54 Å². The topological polar surface area (TPSA) is 46.9 Å². The van der Waals surface area contributed by atoms with E-state index in [1.165, 1.54) is 0 Å². The number of benzene rings is 1. The molecule has 0 saturated carbocycles. The summed E-state index contributed by atoms with van der Waals surface area (Å²) >= 11 is 0. The highest BCUT2D eigenvalue weighted by molar-refractivity contribution is 5.78. The first kappa shape index (κ1) is 13.3. The minimum atomic E-state index is -0.105. The molecule has 0 bridgehead atoms. The summed E-state index contributed by atoms with van der Waals surface area (Å²) in [5, 5.41) is 7.14. The SMILES string of the molecule is C[C@H](Cn1cccn1)C(=O)N[C@H](C)c1ccccc1. The van der Waals surface area contributed by atoms with Crippen molar-refractivity contribution in [2.75, 3.05) is 0 Å². The predicted molar refractivity (Wildman–Crippen MR) is 74.4 cm³/mol. The number of amides is 1. The summed E-state index contributed by atoms with van der Waals surface area (Å²) in [7, 11) is 0. The molecule has 2 aromatic rings. The molecule has 1 heterocycles. The van der Waals surface area contributed by atoms with Crippen LogP contribution in [0.25, 0.3) is 0 Å². The highest BCUT2D eigenvalue weighted by Gasteiger charge is 2.16. The molecule has 0 spiro atoms. The van der Waals surface area contributed by atoms with Crippen molar-refractivity contribution in [2.45, 2.75) is 26.4 Å². The van der Waals surface area contributed by atoms with Gasteiger partial charge in [0.05, 0.1) is 18.5 Å². The van der Waals surface area contributed by atoms with Crippen LogP contribution < -0.4 is 5.32 Å². The standard InChI is InChI=1S/C15H19N3O/c1-12(11-18-10-6-9-16-18)15(19)17-13(2)14-7-4-3-5-8-14/h3-10,12-13H,11H2,1-2H3,(H,17,19)/t12-,13-/m1/s1. The van der Waals surface area contributed by atoms with Gasteiger partial charge in [-0.1, -0.05) is 37.3 Å². The first-order chi connectivity index (χ1) is 9.16. The maximum absolute atomic E-state index is 12.1. The maximum Gasteiger partial charge on any atom is 0.225 e. The molecule has 0 aliphatic rings. The van der Waals surface area contributed by atoms with Gasteiger partial charge in [0, 0.05) is 12.4 Å². The second-order valence-corrected chi connectivity index (χ2v) is 4.77. The summed E-state index contributed by atoms with van der Waals surface area (Å²) in [6.07, 6.45) is 3.58. The van der Waals surface area contributed by atoms with Gasteiger partial charge >= 0.3 is 0 Å². The molecule has 1 N–H and O–H groups in total. The van der Waals surface area contributed by atoms with Gasteiger partial charge < -0.3 is 5.32 Å². The lowest BCUT2D eigenvalue weighted by atomic mass is 10.1. The average molecular weight is 257 g/mol. The van der Waals surface area contributed by atoms with E-state index in [9.17, 15) is 4.79 Å². The Hall–Kier alpha value is -2.10. The third kappa shape index (κ3) is 3.68. The van der Waals surface area contributed by atoms with Gasteiger partial charge in [0.1, 0.15) is 0 Å². The third-order valence-corrected chi connectivity index (χ3v) is 3.13. The molecule has 0 fully saturated rings. The summed E-state index contributed by atoms with van der Waals surface area (Å²) in [6.45, 7) is 4.50. The normalized spacial score (nSPS) is 13.8. The molecular weight excluding hydrogens is 238 g/mol. The number of carbonyl (C=O) groups excluding carboxylic acids is 1. The Balaban J connectivity index is 1.90. The molecule has 100 valence electrons. The predicted octanol–water partition coefficient (Wildman–Crippen LogP) is 2.40. The summed E-state index contributed by atoms with van der Waals surface area (Å²) in [5.74, 6) is -0.0575. The fraction of sp³-hybridized carbons (Fsp3) is 0.333. The van der Waals surface area contributed by atoms with Crippen molar-refractivity contribution in [3.63, 3.8) is 0 Å². The molecule has 1 aromatic carbocycles. The van der Waals surface area contributed by atoms with E-state index in [-0.39, 0.29) is 17.9 Å². The zero-order valence-corrected chi connectivity index (χ0v) is 11.3. The second kappa shape index (κ2) is 6.18. The van der Waals surface area contributed by atoms with Crippen LogP contribution in [0.2, 0.25) is 0 Å². The second-order valence-electron chi connectivity index (χ2n) is 4.77. The lowest BCUT2D eigenvalue weighted by Crippen LogP contribution is -2.33. The van der Waals surface area contributed by atoms with Crippen molar-refractivity contribution in [1.82, 2.24) is 15.1 Å². The summed E-state index contributed by atoms with van der Waals surface area (Å²) in [5.41, 5.74) is 1.11. The van der Waals surface area contributed by atoms with Gasteiger partial charge in [0.25, 0.3) is 0 Å². The monoisotopic (exact) mass is 257 g/mol. The summed E-state index contributed by atoms with van der Waals surface area (Å²) in [4.78, 5) is 12.1. The number of rotatable bonds is 5. The molecule has 0 aliphatic carbocycles. The smallest absolute Gasteiger partial charge is 0.225 e. The van der Waals surface area contributed by atoms with Crippen LogP contribution in [0.4, 0.5) is 0 Å². The van der Waals surface area contributed by atoms with Crippen LogP contribution in [0.15, 0.2) is 48.8 Å². The van der Waals surface area contributed by atoms with Crippen molar-refractivity contribution in [2.24, 2.45) is 5.92 Å². The number of hydrogen-bond donors (Lipinski definition) is 1. The van der Waals surface area contributed by atoms with Gasteiger partial charge in [-0.05, 0) is 18.6 Å². The first-order valence-electron chi connectivity index (χ1n) is 6.49. The van der Waals surface area contributed by atoms with E-state index in [0.717, 1.165) is 5.56 Å². The van der Waals surface area contributed by atoms with E-state index in [2.05, 4.69) is 10.4 Å². The van der Waals surface area contributed by atoms with Gasteiger partial charge in [-0.3, -0.25) is 9.48 Å². The van der Waals surface area contributed by atoms with Crippen molar-refractivity contribution >= 4 is 5.91 Å². The van der Waals surface area contributed by atoms with E-state index < -0.39 is 0 Å². The van der Waals surface area contributed by atoms with Gasteiger partial charge in [0.15, 0.2) is 0 Å². The molecule has 0 radical (unpaired) electrons. The molecule has 1 amide bonds. The van der Waals surface area contributed by atoms with Crippen molar-refractivity contribution in [3.8, 4) is 0 Å². The molecule has 1 aromatic heterocycles. The average Bonchev–Trinajstić information content (AvgIpc) is 2.92.